The molecule has 3 rings (SSSR count). The van der Waals surface area contributed by atoms with Gasteiger partial charge in [0, 0.05) is 28.7 Å². The molecule has 0 radical (unpaired) electrons. The highest BCUT2D eigenvalue weighted by Gasteiger charge is 2.11. The van der Waals surface area contributed by atoms with Crippen molar-refractivity contribution < 1.29 is 4.74 Å². The number of hydrogen-bond acceptors (Lipinski definition) is 4. The first kappa shape index (κ1) is 13.6. The monoisotopic (exact) mass is 285 g/mol. The van der Waals surface area contributed by atoms with E-state index in [1.807, 2.05) is 24.4 Å². The average Bonchev–Trinajstić information content (AvgIpc) is 3.13. The van der Waals surface area contributed by atoms with Crippen LogP contribution in [0.3, 0.4) is 0 Å². The van der Waals surface area contributed by atoms with E-state index in [2.05, 4.69) is 32.4 Å². The number of rotatable bonds is 6. The lowest BCUT2D eigenvalue weighted by molar-refractivity contribution is 0.415. The van der Waals surface area contributed by atoms with Crippen LogP contribution >= 0.6 is 0 Å². The third-order valence-electron chi connectivity index (χ3n) is 3.40. The number of methoxy groups -OCH3 is 1. The van der Waals surface area contributed by atoms with Crippen LogP contribution in [0.15, 0.2) is 24.4 Å². The van der Waals surface area contributed by atoms with Gasteiger partial charge >= 0.3 is 0 Å². The molecule has 0 saturated heterocycles. The molecular weight excluding hydrogens is 266 g/mol. The summed E-state index contributed by atoms with van der Waals surface area (Å²) in [5, 5.41) is 12.8. The van der Waals surface area contributed by atoms with Crippen molar-refractivity contribution in [1.82, 2.24) is 25.5 Å². The molecule has 2 heterocycles. The Morgan fingerprint density at radius 1 is 1.29 bits per heavy atom. The standard InChI is InChI=1S/C15H19N5O/c1-3-6-16-9-14-18-15(20-19-14)12-8-17-13-7-10(21-2)4-5-11(12)13/h4-5,7-8,16-17H,3,6,9H2,1-2H3,(H,18,19,20). The second-order valence-electron chi connectivity index (χ2n) is 4.91. The quantitative estimate of drug-likeness (QED) is 0.608. The smallest absolute Gasteiger partial charge is 0.163 e. The van der Waals surface area contributed by atoms with Crippen LogP contribution < -0.4 is 10.1 Å². The maximum Gasteiger partial charge on any atom is 0.163 e. The summed E-state index contributed by atoms with van der Waals surface area (Å²) in [5.41, 5.74) is 2.04. The predicted octanol–water partition coefficient (Wildman–Crippen LogP) is 2.46. The van der Waals surface area contributed by atoms with Crippen molar-refractivity contribution in [3.05, 3.63) is 30.2 Å². The molecule has 0 saturated carbocycles. The van der Waals surface area contributed by atoms with Crippen LogP contribution in [0.25, 0.3) is 22.3 Å². The maximum absolute atomic E-state index is 5.23. The van der Waals surface area contributed by atoms with E-state index in [0.717, 1.165) is 46.8 Å². The van der Waals surface area contributed by atoms with Gasteiger partial charge < -0.3 is 20.0 Å². The van der Waals surface area contributed by atoms with Crippen LogP contribution in [0.2, 0.25) is 0 Å². The highest BCUT2D eigenvalue weighted by atomic mass is 16.5. The number of fused-ring (bicyclic) bond motifs is 1. The molecule has 2 aromatic heterocycles. The molecule has 0 unspecified atom stereocenters. The highest BCUT2D eigenvalue weighted by Crippen LogP contribution is 2.28. The van der Waals surface area contributed by atoms with Gasteiger partial charge in [-0.15, -0.1) is 10.2 Å². The van der Waals surface area contributed by atoms with E-state index in [4.69, 9.17) is 4.74 Å². The van der Waals surface area contributed by atoms with Gasteiger partial charge in [-0.1, -0.05) is 6.92 Å². The van der Waals surface area contributed by atoms with Gasteiger partial charge in [0.25, 0.3) is 0 Å². The first-order chi connectivity index (χ1) is 10.3. The normalized spacial score (nSPS) is 11.1. The number of aromatic nitrogens is 4. The van der Waals surface area contributed by atoms with E-state index in [9.17, 15) is 0 Å². The lowest BCUT2D eigenvalue weighted by atomic mass is 10.1. The van der Waals surface area contributed by atoms with Gasteiger partial charge in [0.15, 0.2) is 5.82 Å². The number of H-pyrrole nitrogens is 2. The minimum absolute atomic E-state index is 0.705. The van der Waals surface area contributed by atoms with Crippen LogP contribution in [-0.4, -0.2) is 33.8 Å². The third-order valence-corrected chi connectivity index (χ3v) is 3.40. The van der Waals surface area contributed by atoms with Crippen molar-refractivity contribution in [2.45, 2.75) is 19.9 Å². The zero-order valence-electron chi connectivity index (χ0n) is 12.2. The molecule has 0 aliphatic carbocycles. The zero-order valence-corrected chi connectivity index (χ0v) is 12.2. The SMILES string of the molecule is CCCNCc1nnc(-c2c[nH]c3cc(OC)ccc23)[nH]1. The van der Waals surface area contributed by atoms with Gasteiger partial charge in [0.2, 0.25) is 0 Å². The van der Waals surface area contributed by atoms with Crippen molar-refractivity contribution in [2.24, 2.45) is 0 Å². The van der Waals surface area contributed by atoms with Gasteiger partial charge in [0.05, 0.1) is 13.7 Å². The lowest BCUT2D eigenvalue weighted by Gasteiger charge is -1.99. The van der Waals surface area contributed by atoms with Crippen LogP contribution in [0, 0.1) is 0 Å². The Balaban J connectivity index is 1.86. The minimum Gasteiger partial charge on any atom is -0.497 e. The second-order valence-corrected chi connectivity index (χ2v) is 4.91. The molecule has 0 aliphatic rings. The number of aromatic amines is 2. The van der Waals surface area contributed by atoms with E-state index in [0.29, 0.717) is 6.54 Å². The zero-order chi connectivity index (χ0) is 14.7. The van der Waals surface area contributed by atoms with Crippen molar-refractivity contribution in [3.63, 3.8) is 0 Å². The predicted molar refractivity (Wildman–Crippen MR) is 82.2 cm³/mol. The summed E-state index contributed by atoms with van der Waals surface area (Å²) in [6.07, 6.45) is 3.04. The summed E-state index contributed by atoms with van der Waals surface area (Å²) < 4.78 is 5.23. The molecular formula is C15H19N5O. The minimum atomic E-state index is 0.705. The van der Waals surface area contributed by atoms with Gasteiger partial charge in [-0.2, -0.15) is 0 Å². The molecule has 0 spiro atoms. The molecule has 0 atom stereocenters. The molecule has 3 aromatic rings. The molecule has 6 heteroatoms. The highest BCUT2D eigenvalue weighted by molar-refractivity contribution is 5.94. The molecule has 6 nitrogen and oxygen atoms in total. The molecule has 0 fully saturated rings. The summed E-state index contributed by atoms with van der Waals surface area (Å²) in [6, 6.07) is 5.94. The molecule has 0 aliphatic heterocycles. The first-order valence-corrected chi connectivity index (χ1v) is 7.09. The molecule has 21 heavy (non-hydrogen) atoms. The van der Waals surface area contributed by atoms with Crippen LogP contribution in [0.4, 0.5) is 0 Å². The van der Waals surface area contributed by atoms with E-state index < -0.39 is 0 Å². The van der Waals surface area contributed by atoms with Crippen molar-refractivity contribution in [2.75, 3.05) is 13.7 Å². The Kier molecular flexibility index (Phi) is 3.87. The molecule has 3 N–H and O–H groups in total. The Bertz CT molecular complexity index is 731. The van der Waals surface area contributed by atoms with Gasteiger partial charge in [0.1, 0.15) is 11.6 Å². The summed E-state index contributed by atoms with van der Waals surface area (Å²) in [6.45, 7) is 3.82. The lowest BCUT2D eigenvalue weighted by Crippen LogP contribution is -2.14. The topological polar surface area (TPSA) is 78.6 Å². The van der Waals surface area contributed by atoms with E-state index in [1.54, 1.807) is 7.11 Å². The summed E-state index contributed by atoms with van der Waals surface area (Å²) >= 11 is 0. The van der Waals surface area contributed by atoms with Crippen LogP contribution in [0.1, 0.15) is 19.2 Å². The fourth-order valence-corrected chi connectivity index (χ4v) is 2.31. The first-order valence-electron chi connectivity index (χ1n) is 7.09. The fraction of sp³-hybridized carbons (Fsp3) is 0.333. The average molecular weight is 285 g/mol. The summed E-state index contributed by atoms with van der Waals surface area (Å²) in [5.74, 6) is 2.46. The van der Waals surface area contributed by atoms with Crippen molar-refractivity contribution in [1.29, 1.82) is 0 Å². The van der Waals surface area contributed by atoms with E-state index >= 15 is 0 Å². The molecule has 0 amide bonds. The van der Waals surface area contributed by atoms with Crippen LogP contribution in [-0.2, 0) is 6.54 Å². The molecule has 0 bridgehead atoms. The Labute approximate surface area is 122 Å². The van der Waals surface area contributed by atoms with E-state index in [-0.39, 0.29) is 0 Å². The molecule has 110 valence electrons. The Hall–Kier alpha value is -2.34. The number of hydrogen-bond donors (Lipinski definition) is 3. The fourth-order valence-electron chi connectivity index (χ4n) is 2.31. The van der Waals surface area contributed by atoms with Crippen molar-refractivity contribution in [3.8, 4) is 17.1 Å². The summed E-state index contributed by atoms with van der Waals surface area (Å²) in [4.78, 5) is 6.50. The Morgan fingerprint density at radius 3 is 3.00 bits per heavy atom. The van der Waals surface area contributed by atoms with Crippen LogP contribution in [0.5, 0.6) is 5.75 Å². The Morgan fingerprint density at radius 2 is 2.19 bits per heavy atom. The summed E-state index contributed by atoms with van der Waals surface area (Å²) in [7, 11) is 1.66. The number of nitrogens with one attached hydrogen (secondary N) is 3. The third kappa shape index (κ3) is 2.75. The van der Waals surface area contributed by atoms with Gasteiger partial charge in [-0.05, 0) is 25.1 Å². The molecule has 1 aromatic carbocycles. The second kappa shape index (κ2) is 5.97. The largest absolute Gasteiger partial charge is 0.497 e. The van der Waals surface area contributed by atoms with E-state index in [1.165, 1.54) is 0 Å². The number of nitrogens with zero attached hydrogens (tertiary/aromatic N) is 2. The van der Waals surface area contributed by atoms with Crippen molar-refractivity contribution >= 4 is 10.9 Å². The maximum atomic E-state index is 5.23. The van der Waals surface area contributed by atoms with Gasteiger partial charge in [-0.3, -0.25) is 0 Å². The number of benzene rings is 1. The van der Waals surface area contributed by atoms with Gasteiger partial charge in [-0.25, -0.2) is 0 Å². The number of ether oxygens (including phenoxy) is 1.